The van der Waals surface area contributed by atoms with Crippen molar-refractivity contribution in [2.45, 2.75) is 25.7 Å². The van der Waals surface area contributed by atoms with Crippen molar-refractivity contribution in [3.8, 4) is 0 Å². The quantitative estimate of drug-likeness (QED) is 0.761. The highest BCUT2D eigenvalue weighted by atomic mass is 16.2. The predicted octanol–water partition coefficient (Wildman–Crippen LogP) is 2.33. The van der Waals surface area contributed by atoms with Crippen LogP contribution in [0.15, 0.2) is 30.5 Å². The minimum absolute atomic E-state index is 0.138. The molecule has 0 aliphatic rings. The molecule has 0 saturated heterocycles. The van der Waals surface area contributed by atoms with Crippen molar-refractivity contribution >= 4 is 16.8 Å². The molecule has 0 spiro atoms. The lowest BCUT2D eigenvalue weighted by Gasteiger charge is -2.16. The smallest absolute Gasteiger partial charge is 0.226 e. The number of H-pyrrole nitrogens is 1. The standard InChI is InChI=1S/C16H22N2O2/c1-18(9-5-2-6-10-19)16(20)11-13-12-17-15-8-4-3-7-14(13)15/h3-4,7-8,12,17,19H,2,5-6,9-11H2,1H3. The van der Waals surface area contributed by atoms with Crippen LogP contribution in [0.2, 0.25) is 0 Å². The molecule has 0 bridgehead atoms. The normalized spacial score (nSPS) is 10.9. The van der Waals surface area contributed by atoms with Crippen molar-refractivity contribution < 1.29 is 9.90 Å². The number of carbonyl (C=O) groups is 1. The first-order chi connectivity index (χ1) is 9.72. The maximum Gasteiger partial charge on any atom is 0.226 e. The Hall–Kier alpha value is -1.81. The SMILES string of the molecule is CN(CCCCCO)C(=O)Cc1c[nH]c2ccccc12. The van der Waals surface area contributed by atoms with E-state index in [0.29, 0.717) is 6.42 Å². The number of hydrogen-bond acceptors (Lipinski definition) is 2. The van der Waals surface area contributed by atoms with Gasteiger partial charge in [-0.3, -0.25) is 4.79 Å². The molecule has 20 heavy (non-hydrogen) atoms. The molecule has 2 N–H and O–H groups in total. The van der Waals surface area contributed by atoms with E-state index < -0.39 is 0 Å². The van der Waals surface area contributed by atoms with Crippen molar-refractivity contribution in [2.24, 2.45) is 0 Å². The number of aliphatic hydroxyl groups excluding tert-OH is 1. The fraction of sp³-hybridized carbons (Fsp3) is 0.438. The summed E-state index contributed by atoms with van der Waals surface area (Å²) in [4.78, 5) is 17.2. The number of carbonyl (C=O) groups excluding carboxylic acids is 1. The maximum atomic E-state index is 12.2. The van der Waals surface area contributed by atoms with Crippen LogP contribution in [0.5, 0.6) is 0 Å². The van der Waals surface area contributed by atoms with E-state index in [4.69, 9.17) is 5.11 Å². The fourth-order valence-corrected chi connectivity index (χ4v) is 2.34. The van der Waals surface area contributed by atoms with Crippen molar-refractivity contribution in [2.75, 3.05) is 20.2 Å². The number of amides is 1. The van der Waals surface area contributed by atoms with Gasteiger partial charge in [-0.25, -0.2) is 0 Å². The average molecular weight is 274 g/mol. The third-order valence-corrected chi connectivity index (χ3v) is 3.59. The zero-order valence-electron chi connectivity index (χ0n) is 11.9. The summed E-state index contributed by atoms with van der Waals surface area (Å²) in [5.74, 6) is 0.138. The number of likely N-dealkylation sites (N-methyl/N-ethyl adjacent to an activating group) is 1. The average Bonchev–Trinajstić information content (AvgIpc) is 2.87. The number of nitrogens with zero attached hydrogens (tertiary/aromatic N) is 1. The Balaban J connectivity index is 1.90. The number of aromatic amines is 1. The van der Waals surface area contributed by atoms with Crippen LogP contribution in [-0.4, -0.2) is 41.1 Å². The molecule has 1 aromatic heterocycles. The lowest BCUT2D eigenvalue weighted by Crippen LogP contribution is -2.29. The van der Waals surface area contributed by atoms with Gasteiger partial charge in [0, 0.05) is 37.3 Å². The molecule has 0 aliphatic heterocycles. The van der Waals surface area contributed by atoms with Gasteiger partial charge in [0.1, 0.15) is 0 Å². The highest BCUT2D eigenvalue weighted by molar-refractivity contribution is 5.88. The van der Waals surface area contributed by atoms with Crippen LogP contribution in [0.3, 0.4) is 0 Å². The van der Waals surface area contributed by atoms with Crippen LogP contribution < -0.4 is 0 Å². The number of hydrogen-bond donors (Lipinski definition) is 2. The molecule has 108 valence electrons. The monoisotopic (exact) mass is 274 g/mol. The summed E-state index contributed by atoms with van der Waals surface area (Å²) in [6.45, 7) is 0.980. The van der Waals surface area contributed by atoms with Gasteiger partial charge in [-0.2, -0.15) is 0 Å². The van der Waals surface area contributed by atoms with Gasteiger partial charge in [0.05, 0.1) is 6.42 Å². The lowest BCUT2D eigenvalue weighted by atomic mass is 10.1. The summed E-state index contributed by atoms with van der Waals surface area (Å²) >= 11 is 0. The molecule has 0 aliphatic carbocycles. The molecule has 0 saturated carbocycles. The molecule has 0 radical (unpaired) electrons. The van der Waals surface area contributed by atoms with Gasteiger partial charge in [-0.15, -0.1) is 0 Å². The summed E-state index contributed by atoms with van der Waals surface area (Å²) in [5, 5.41) is 9.85. The Morgan fingerprint density at radius 2 is 2.05 bits per heavy atom. The highest BCUT2D eigenvalue weighted by Gasteiger charge is 2.12. The van der Waals surface area contributed by atoms with E-state index in [0.717, 1.165) is 42.3 Å². The minimum atomic E-state index is 0.138. The van der Waals surface area contributed by atoms with Gasteiger partial charge in [0.2, 0.25) is 5.91 Å². The molecule has 1 amide bonds. The number of nitrogens with one attached hydrogen (secondary N) is 1. The number of para-hydroxylation sites is 1. The molecule has 1 aromatic carbocycles. The number of unbranched alkanes of at least 4 members (excludes halogenated alkanes) is 2. The summed E-state index contributed by atoms with van der Waals surface area (Å²) < 4.78 is 0. The summed E-state index contributed by atoms with van der Waals surface area (Å²) in [6.07, 6.45) is 5.06. The summed E-state index contributed by atoms with van der Waals surface area (Å²) in [7, 11) is 1.84. The maximum absolute atomic E-state index is 12.2. The van der Waals surface area contributed by atoms with E-state index in [-0.39, 0.29) is 12.5 Å². The Bertz CT molecular complexity index is 562. The highest BCUT2D eigenvalue weighted by Crippen LogP contribution is 2.18. The molecular weight excluding hydrogens is 252 g/mol. The Morgan fingerprint density at radius 1 is 1.25 bits per heavy atom. The van der Waals surface area contributed by atoms with Crippen LogP contribution in [-0.2, 0) is 11.2 Å². The molecule has 2 aromatic rings. The first kappa shape index (κ1) is 14.6. The lowest BCUT2D eigenvalue weighted by molar-refractivity contribution is -0.129. The molecular formula is C16H22N2O2. The second-order valence-corrected chi connectivity index (χ2v) is 5.14. The second-order valence-electron chi connectivity index (χ2n) is 5.14. The Kier molecular flexibility index (Phi) is 5.18. The van der Waals surface area contributed by atoms with Gasteiger partial charge in [0.15, 0.2) is 0 Å². The third kappa shape index (κ3) is 3.61. The second kappa shape index (κ2) is 7.10. The first-order valence-corrected chi connectivity index (χ1v) is 7.12. The van der Waals surface area contributed by atoms with Crippen molar-refractivity contribution in [3.05, 3.63) is 36.0 Å². The first-order valence-electron chi connectivity index (χ1n) is 7.12. The number of fused-ring (bicyclic) bond motifs is 1. The van der Waals surface area contributed by atoms with Gasteiger partial charge < -0.3 is 15.0 Å². The van der Waals surface area contributed by atoms with Gasteiger partial charge in [-0.1, -0.05) is 18.2 Å². The van der Waals surface area contributed by atoms with E-state index >= 15 is 0 Å². The largest absolute Gasteiger partial charge is 0.396 e. The van der Waals surface area contributed by atoms with E-state index in [2.05, 4.69) is 4.98 Å². The van der Waals surface area contributed by atoms with Crippen molar-refractivity contribution in [1.82, 2.24) is 9.88 Å². The molecule has 0 atom stereocenters. The molecule has 0 unspecified atom stereocenters. The van der Waals surface area contributed by atoms with Crippen LogP contribution in [0, 0.1) is 0 Å². The number of benzene rings is 1. The zero-order valence-corrected chi connectivity index (χ0v) is 11.9. The summed E-state index contributed by atoms with van der Waals surface area (Å²) in [6, 6.07) is 8.03. The molecule has 0 fully saturated rings. The Labute approximate surface area is 119 Å². The predicted molar refractivity (Wildman–Crippen MR) is 80.6 cm³/mol. The molecule has 4 heteroatoms. The minimum Gasteiger partial charge on any atom is -0.396 e. The molecule has 1 heterocycles. The summed E-state index contributed by atoms with van der Waals surface area (Å²) in [5.41, 5.74) is 2.12. The Morgan fingerprint density at radius 3 is 2.85 bits per heavy atom. The topological polar surface area (TPSA) is 56.3 Å². The number of aromatic nitrogens is 1. The van der Waals surface area contributed by atoms with E-state index in [1.54, 1.807) is 4.90 Å². The number of rotatable bonds is 7. The molecule has 4 nitrogen and oxygen atoms in total. The van der Waals surface area contributed by atoms with E-state index in [1.807, 2.05) is 37.5 Å². The number of aliphatic hydroxyl groups is 1. The third-order valence-electron chi connectivity index (χ3n) is 3.59. The van der Waals surface area contributed by atoms with Crippen molar-refractivity contribution in [1.29, 1.82) is 0 Å². The van der Waals surface area contributed by atoms with E-state index in [1.165, 1.54) is 0 Å². The van der Waals surface area contributed by atoms with Gasteiger partial charge >= 0.3 is 0 Å². The van der Waals surface area contributed by atoms with E-state index in [9.17, 15) is 4.79 Å². The van der Waals surface area contributed by atoms with Crippen LogP contribution in [0.25, 0.3) is 10.9 Å². The zero-order chi connectivity index (χ0) is 14.4. The molecule has 2 rings (SSSR count). The van der Waals surface area contributed by atoms with Crippen LogP contribution in [0.4, 0.5) is 0 Å². The van der Waals surface area contributed by atoms with Crippen LogP contribution in [0.1, 0.15) is 24.8 Å². The van der Waals surface area contributed by atoms with Gasteiger partial charge in [-0.05, 0) is 30.9 Å². The van der Waals surface area contributed by atoms with Crippen LogP contribution >= 0.6 is 0 Å². The van der Waals surface area contributed by atoms with Gasteiger partial charge in [0.25, 0.3) is 0 Å². The van der Waals surface area contributed by atoms with Crippen molar-refractivity contribution in [3.63, 3.8) is 0 Å². The fourth-order valence-electron chi connectivity index (χ4n) is 2.34.